The lowest BCUT2D eigenvalue weighted by Crippen LogP contribution is -2.16. The van der Waals surface area contributed by atoms with Crippen LogP contribution in [-0.4, -0.2) is 26.5 Å². The number of benzene rings is 2. The van der Waals surface area contributed by atoms with Gasteiger partial charge in [0.05, 0.1) is 21.2 Å². The quantitative estimate of drug-likeness (QED) is 0.870. The number of carbonyl (C=O) groups is 2. The molecule has 126 valence electrons. The largest absolute Gasteiger partial charge is 0.326 e. The van der Waals surface area contributed by atoms with E-state index in [9.17, 15) is 18.0 Å². The minimum absolute atomic E-state index is 0.0148. The van der Waals surface area contributed by atoms with E-state index in [1.807, 2.05) is 0 Å². The fourth-order valence-electron chi connectivity index (χ4n) is 2.07. The zero-order valence-electron chi connectivity index (χ0n) is 13.0. The molecule has 2 amide bonds. The van der Waals surface area contributed by atoms with Gasteiger partial charge in [-0.05, 0) is 30.3 Å². The topological polar surface area (TPSA) is 92.3 Å². The molecule has 2 N–H and O–H groups in total. The van der Waals surface area contributed by atoms with Gasteiger partial charge in [-0.1, -0.05) is 23.7 Å². The maximum atomic E-state index is 12.4. The molecule has 2 aromatic carbocycles. The van der Waals surface area contributed by atoms with Crippen LogP contribution in [-0.2, 0) is 14.6 Å². The van der Waals surface area contributed by atoms with Crippen LogP contribution in [0.1, 0.15) is 17.3 Å². The molecule has 2 rings (SSSR count). The molecule has 0 spiro atoms. The Labute approximate surface area is 144 Å². The average Bonchev–Trinajstić information content (AvgIpc) is 2.49. The molecule has 0 aliphatic rings. The minimum atomic E-state index is -3.56. The van der Waals surface area contributed by atoms with Gasteiger partial charge in [0.1, 0.15) is 0 Å². The molecule has 0 bridgehead atoms. The summed E-state index contributed by atoms with van der Waals surface area (Å²) in [6.45, 7) is 1.36. The van der Waals surface area contributed by atoms with Gasteiger partial charge in [-0.3, -0.25) is 9.59 Å². The Balaban J connectivity index is 2.36. The molecule has 0 saturated carbocycles. The molecule has 0 radical (unpaired) electrons. The van der Waals surface area contributed by atoms with Gasteiger partial charge in [0.15, 0.2) is 9.84 Å². The number of anilines is 2. The molecule has 2 aromatic rings. The number of halogens is 1. The first-order valence-electron chi connectivity index (χ1n) is 6.86. The highest BCUT2D eigenvalue weighted by Crippen LogP contribution is 2.27. The monoisotopic (exact) mass is 366 g/mol. The predicted molar refractivity (Wildman–Crippen MR) is 93.3 cm³/mol. The number of rotatable bonds is 4. The standard InChI is InChI=1S/C16H15ClN2O4S/c1-10(20)18-11-7-8-13(17)14(9-11)19-16(21)12-5-3-4-6-15(12)24(2,22)23/h3-9H,1-2H3,(H,18,20)(H,19,21). The lowest BCUT2D eigenvalue weighted by Gasteiger charge is -2.11. The SMILES string of the molecule is CC(=O)Nc1ccc(Cl)c(NC(=O)c2ccccc2S(C)(=O)=O)c1. The van der Waals surface area contributed by atoms with E-state index in [1.165, 1.54) is 37.3 Å². The smallest absolute Gasteiger partial charge is 0.257 e. The van der Waals surface area contributed by atoms with Crippen molar-refractivity contribution in [3.63, 3.8) is 0 Å². The summed E-state index contributed by atoms with van der Waals surface area (Å²) >= 11 is 6.05. The van der Waals surface area contributed by atoms with E-state index >= 15 is 0 Å². The molecular weight excluding hydrogens is 352 g/mol. The van der Waals surface area contributed by atoms with Crippen molar-refractivity contribution in [1.82, 2.24) is 0 Å². The van der Waals surface area contributed by atoms with Gasteiger partial charge in [0.25, 0.3) is 5.91 Å². The van der Waals surface area contributed by atoms with E-state index in [1.54, 1.807) is 12.1 Å². The van der Waals surface area contributed by atoms with Crippen LogP contribution in [0.4, 0.5) is 11.4 Å². The molecule has 0 aliphatic heterocycles. The van der Waals surface area contributed by atoms with Gasteiger partial charge in [-0.15, -0.1) is 0 Å². The third-order valence-corrected chi connectivity index (χ3v) is 4.55. The van der Waals surface area contributed by atoms with Gasteiger partial charge in [0.2, 0.25) is 5.91 Å². The van der Waals surface area contributed by atoms with E-state index < -0.39 is 15.7 Å². The fraction of sp³-hybridized carbons (Fsp3) is 0.125. The highest BCUT2D eigenvalue weighted by molar-refractivity contribution is 7.90. The van der Waals surface area contributed by atoms with Crippen LogP contribution in [0.15, 0.2) is 47.4 Å². The highest BCUT2D eigenvalue weighted by Gasteiger charge is 2.19. The number of amides is 2. The second-order valence-electron chi connectivity index (χ2n) is 5.10. The van der Waals surface area contributed by atoms with Crippen molar-refractivity contribution in [1.29, 1.82) is 0 Å². The van der Waals surface area contributed by atoms with Crippen molar-refractivity contribution in [2.45, 2.75) is 11.8 Å². The van der Waals surface area contributed by atoms with E-state index in [0.29, 0.717) is 5.69 Å². The van der Waals surface area contributed by atoms with Crippen LogP contribution in [0.3, 0.4) is 0 Å². The van der Waals surface area contributed by atoms with Crippen LogP contribution in [0.25, 0.3) is 0 Å². The number of carbonyl (C=O) groups excluding carboxylic acids is 2. The summed E-state index contributed by atoms with van der Waals surface area (Å²) in [4.78, 5) is 23.5. The summed E-state index contributed by atoms with van der Waals surface area (Å²) in [5.41, 5.74) is 0.732. The Hall–Kier alpha value is -2.38. The summed E-state index contributed by atoms with van der Waals surface area (Å²) < 4.78 is 23.6. The van der Waals surface area contributed by atoms with Crippen LogP contribution in [0, 0.1) is 0 Å². The van der Waals surface area contributed by atoms with E-state index in [4.69, 9.17) is 11.6 Å². The highest BCUT2D eigenvalue weighted by atomic mass is 35.5. The lowest BCUT2D eigenvalue weighted by molar-refractivity contribution is -0.114. The zero-order chi connectivity index (χ0) is 17.9. The first kappa shape index (κ1) is 18.0. The summed E-state index contributed by atoms with van der Waals surface area (Å²) in [5.74, 6) is -0.880. The van der Waals surface area contributed by atoms with Crippen molar-refractivity contribution in [2.75, 3.05) is 16.9 Å². The number of nitrogens with one attached hydrogen (secondary N) is 2. The number of sulfone groups is 1. The second-order valence-corrected chi connectivity index (χ2v) is 7.49. The van der Waals surface area contributed by atoms with Gasteiger partial charge in [-0.25, -0.2) is 8.42 Å². The third kappa shape index (κ3) is 4.33. The first-order valence-corrected chi connectivity index (χ1v) is 9.13. The van der Waals surface area contributed by atoms with Gasteiger partial charge >= 0.3 is 0 Å². The molecule has 0 aliphatic carbocycles. The Bertz CT molecular complexity index is 910. The summed E-state index contributed by atoms with van der Waals surface area (Å²) in [5, 5.41) is 5.40. The fourth-order valence-corrected chi connectivity index (χ4v) is 3.12. The van der Waals surface area contributed by atoms with Gasteiger partial charge < -0.3 is 10.6 Å². The molecule has 8 heteroatoms. The molecule has 0 aromatic heterocycles. The Morgan fingerprint density at radius 1 is 1.04 bits per heavy atom. The first-order chi connectivity index (χ1) is 11.2. The van der Waals surface area contributed by atoms with Crippen molar-refractivity contribution >= 4 is 44.6 Å². The summed E-state index contributed by atoms with van der Waals surface area (Å²) in [7, 11) is -3.56. The van der Waals surface area contributed by atoms with Crippen molar-refractivity contribution in [2.24, 2.45) is 0 Å². The number of hydrogen-bond acceptors (Lipinski definition) is 4. The summed E-state index contributed by atoms with van der Waals surface area (Å²) in [6.07, 6.45) is 1.03. The Kier molecular flexibility index (Phi) is 5.26. The maximum absolute atomic E-state index is 12.4. The third-order valence-electron chi connectivity index (χ3n) is 3.07. The Morgan fingerprint density at radius 2 is 1.71 bits per heavy atom. The molecule has 24 heavy (non-hydrogen) atoms. The van der Waals surface area contributed by atoms with Crippen molar-refractivity contribution in [3.8, 4) is 0 Å². The van der Waals surface area contributed by atoms with E-state index in [2.05, 4.69) is 10.6 Å². The molecule has 0 heterocycles. The van der Waals surface area contributed by atoms with E-state index in [0.717, 1.165) is 6.26 Å². The second kappa shape index (κ2) is 7.02. The maximum Gasteiger partial charge on any atom is 0.257 e. The van der Waals surface area contributed by atoms with E-state index in [-0.39, 0.29) is 27.1 Å². The van der Waals surface area contributed by atoms with Crippen molar-refractivity contribution < 1.29 is 18.0 Å². The Morgan fingerprint density at radius 3 is 2.33 bits per heavy atom. The van der Waals surface area contributed by atoms with Gasteiger partial charge in [-0.2, -0.15) is 0 Å². The minimum Gasteiger partial charge on any atom is -0.326 e. The van der Waals surface area contributed by atoms with Crippen LogP contribution in [0.2, 0.25) is 5.02 Å². The predicted octanol–water partition coefficient (Wildman–Crippen LogP) is 2.95. The number of hydrogen-bond donors (Lipinski definition) is 2. The zero-order valence-corrected chi connectivity index (χ0v) is 14.5. The average molecular weight is 367 g/mol. The molecule has 0 fully saturated rings. The summed E-state index contributed by atoms with van der Waals surface area (Å²) in [6, 6.07) is 10.5. The van der Waals surface area contributed by atoms with Crippen LogP contribution >= 0.6 is 11.6 Å². The van der Waals surface area contributed by atoms with Crippen molar-refractivity contribution in [3.05, 3.63) is 53.1 Å². The lowest BCUT2D eigenvalue weighted by atomic mass is 10.2. The normalized spacial score (nSPS) is 11.0. The van der Waals surface area contributed by atoms with Gasteiger partial charge in [0, 0.05) is 18.9 Å². The molecular formula is C16H15ClN2O4S. The molecule has 6 nitrogen and oxygen atoms in total. The van der Waals surface area contributed by atoms with Crippen LogP contribution in [0.5, 0.6) is 0 Å². The van der Waals surface area contributed by atoms with Crippen LogP contribution < -0.4 is 10.6 Å². The molecule has 0 saturated heterocycles. The molecule has 0 unspecified atom stereocenters. The molecule has 0 atom stereocenters.